The van der Waals surface area contributed by atoms with Gasteiger partial charge in [0.2, 0.25) is 0 Å². The van der Waals surface area contributed by atoms with E-state index in [1.807, 2.05) is 30.1 Å². The summed E-state index contributed by atoms with van der Waals surface area (Å²) in [5.74, 6) is -0.209. The van der Waals surface area contributed by atoms with Crippen LogP contribution in [-0.2, 0) is 16.1 Å². The molecule has 1 N–H and O–H groups in total. The number of likely N-dealkylation sites (N-methyl/N-ethyl adjacent to an activating group) is 1. The number of fused-ring (bicyclic) bond motifs is 1. The summed E-state index contributed by atoms with van der Waals surface area (Å²) in [5, 5.41) is 18.5. The normalized spacial score (nSPS) is 21.4. The van der Waals surface area contributed by atoms with Crippen LogP contribution in [0, 0.1) is 0 Å². The van der Waals surface area contributed by atoms with E-state index in [1.54, 1.807) is 12.0 Å². The molecule has 1 amide bonds. The molecule has 8 nitrogen and oxygen atoms in total. The Hall–Kier alpha value is -2.03. The first-order chi connectivity index (χ1) is 12.0. The molecule has 1 aromatic carbocycles. The van der Waals surface area contributed by atoms with Crippen LogP contribution in [0.1, 0.15) is 18.4 Å². The van der Waals surface area contributed by atoms with Gasteiger partial charge in [0.05, 0.1) is 6.61 Å². The van der Waals surface area contributed by atoms with Crippen molar-refractivity contribution in [2.24, 2.45) is 0 Å². The molecule has 0 aliphatic carbocycles. The van der Waals surface area contributed by atoms with E-state index in [4.69, 9.17) is 9.37 Å². The molecular formula is C17H24N4O4. The van der Waals surface area contributed by atoms with Gasteiger partial charge >= 0.3 is 0 Å². The smallest absolute Gasteiger partial charge is 0.255 e. The highest BCUT2D eigenvalue weighted by Gasteiger charge is 2.42. The van der Waals surface area contributed by atoms with E-state index < -0.39 is 5.60 Å². The number of hydrogen-bond donors (Lipinski definition) is 1. The van der Waals surface area contributed by atoms with E-state index in [0.717, 1.165) is 12.0 Å². The van der Waals surface area contributed by atoms with Crippen LogP contribution in [0.15, 0.2) is 22.8 Å². The maximum absolute atomic E-state index is 12.6. The Kier molecular flexibility index (Phi) is 5.31. The third-order valence-corrected chi connectivity index (χ3v) is 4.57. The number of aliphatic hydroxyl groups is 1. The lowest BCUT2D eigenvalue weighted by atomic mass is 9.91. The molecule has 1 aliphatic rings. The minimum atomic E-state index is -1.35. The van der Waals surface area contributed by atoms with Crippen LogP contribution in [-0.4, -0.2) is 77.1 Å². The van der Waals surface area contributed by atoms with E-state index in [0.29, 0.717) is 43.7 Å². The van der Waals surface area contributed by atoms with Crippen LogP contribution in [0.2, 0.25) is 0 Å². The summed E-state index contributed by atoms with van der Waals surface area (Å²) in [4.78, 5) is 16.3. The molecule has 8 heteroatoms. The Morgan fingerprint density at radius 1 is 1.40 bits per heavy atom. The summed E-state index contributed by atoms with van der Waals surface area (Å²) in [7, 11) is 3.50. The number of nitrogens with zero attached hydrogens (tertiary/aromatic N) is 4. The van der Waals surface area contributed by atoms with Gasteiger partial charge in [0, 0.05) is 33.3 Å². The Balaban J connectivity index is 1.63. The Morgan fingerprint density at radius 2 is 2.20 bits per heavy atom. The standard InChI is InChI=1S/C17H24N4O4/c1-20(11-13-4-5-14-15(10-13)19-25-18-14)12-17(23)6-3-7-21(16(17)22)8-9-24-2/h4-5,10,23H,3,6-9,11-12H2,1-2H3/t17-/m0/s1. The van der Waals surface area contributed by atoms with Crippen molar-refractivity contribution in [3.63, 3.8) is 0 Å². The van der Waals surface area contributed by atoms with Crippen molar-refractivity contribution in [2.75, 3.05) is 40.4 Å². The predicted octanol–water partition coefficient (Wildman–Crippen LogP) is 0.654. The van der Waals surface area contributed by atoms with Crippen molar-refractivity contribution >= 4 is 16.9 Å². The number of likely N-dealkylation sites (tertiary alicyclic amines) is 1. The van der Waals surface area contributed by atoms with E-state index in [1.165, 1.54) is 0 Å². The maximum atomic E-state index is 12.6. The molecule has 1 saturated heterocycles. The summed E-state index contributed by atoms with van der Waals surface area (Å²) in [5.41, 5.74) is 1.08. The summed E-state index contributed by atoms with van der Waals surface area (Å²) < 4.78 is 9.75. The lowest BCUT2D eigenvalue weighted by molar-refractivity contribution is -0.159. The van der Waals surface area contributed by atoms with Crippen molar-refractivity contribution in [3.05, 3.63) is 23.8 Å². The third-order valence-electron chi connectivity index (χ3n) is 4.57. The second-order valence-electron chi connectivity index (χ2n) is 6.68. The quantitative estimate of drug-likeness (QED) is 0.785. The third kappa shape index (κ3) is 3.97. The SMILES string of the molecule is COCCN1CCC[C@](O)(CN(C)Cc2ccc3nonc3c2)C1=O. The molecule has 3 rings (SSSR count). The molecule has 136 valence electrons. The lowest BCUT2D eigenvalue weighted by Gasteiger charge is -2.40. The fourth-order valence-corrected chi connectivity index (χ4v) is 3.37. The molecule has 25 heavy (non-hydrogen) atoms. The van der Waals surface area contributed by atoms with Gasteiger partial charge in [0.15, 0.2) is 5.60 Å². The molecule has 2 aromatic rings. The fourth-order valence-electron chi connectivity index (χ4n) is 3.37. The first-order valence-electron chi connectivity index (χ1n) is 8.42. The van der Waals surface area contributed by atoms with Crippen molar-refractivity contribution in [1.29, 1.82) is 0 Å². The topological polar surface area (TPSA) is 91.9 Å². The number of ether oxygens (including phenoxy) is 1. The number of aromatic nitrogens is 2. The van der Waals surface area contributed by atoms with Gasteiger partial charge in [-0.05, 0) is 47.9 Å². The van der Waals surface area contributed by atoms with Crippen LogP contribution in [0.25, 0.3) is 11.0 Å². The zero-order valence-electron chi connectivity index (χ0n) is 14.6. The number of piperidine rings is 1. The first kappa shape index (κ1) is 17.8. The van der Waals surface area contributed by atoms with Crippen LogP contribution >= 0.6 is 0 Å². The average Bonchev–Trinajstić information content (AvgIpc) is 3.04. The predicted molar refractivity (Wildman–Crippen MR) is 90.8 cm³/mol. The second-order valence-corrected chi connectivity index (χ2v) is 6.68. The van der Waals surface area contributed by atoms with Gasteiger partial charge in [0.25, 0.3) is 5.91 Å². The molecule has 1 fully saturated rings. The Morgan fingerprint density at radius 3 is 3.00 bits per heavy atom. The minimum Gasteiger partial charge on any atom is -0.383 e. The summed E-state index contributed by atoms with van der Waals surface area (Å²) in [6, 6.07) is 5.70. The highest BCUT2D eigenvalue weighted by atomic mass is 16.6. The molecule has 2 heterocycles. The molecule has 0 bridgehead atoms. The van der Waals surface area contributed by atoms with Gasteiger partial charge in [-0.1, -0.05) is 6.07 Å². The average molecular weight is 348 g/mol. The number of benzene rings is 1. The highest BCUT2D eigenvalue weighted by Crippen LogP contribution is 2.24. The van der Waals surface area contributed by atoms with E-state index in [-0.39, 0.29) is 12.5 Å². The molecule has 1 aliphatic heterocycles. The number of hydrogen-bond acceptors (Lipinski definition) is 7. The van der Waals surface area contributed by atoms with Gasteiger partial charge < -0.3 is 14.7 Å². The number of methoxy groups -OCH3 is 1. The maximum Gasteiger partial charge on any atom is 0.255 e. The zero-order chi connectivity index (χ0) is 17.9. The fraction of sp³-hybridized carbons (Fsp3) is 0.588. The number of amides is 1. The largest absolute Gasteiger partial charge is 0.383 e. The van der Waals surface area contributed by atoms with Gasteiger partial charge in [-0.15, -0.1) is 0 Å². The molecule has 0 spiro atoms. The Labute approximate surface area is 146 Å². The second kappa shape index (κ2) is 7.47. The first-order valence-corrected chi connectivity index (χ1v) is 8.42. The van der Waals surface area contributed by atoms with Crippen molar-refractivity contribution in [1.82, 2.24) is 20.1 Å². The molecule has 1 atom stereocenters. The Bertz CT molecular complexity index is 734. The van der Waals surface area contributed by atoms with Crippen molar-refractivity contribution in [3.8, 4) is 0 Å². The summed E-state index contributed by atoms with van der Waals surface area (Å²) in [6.07, 6.45) is 1.27. The molecule has 0 saturated carbocycles. The van der Waals surface area contributed by atoms with Crippen LogP contribution in [0.3, 0.4) is 0 Å². The van der Waals surface area contributed by atoms with Gasteiger partial charge in [-0.2, -0.15) is 0 Å². The van der Waals surface area contributed by atoms with Crippen molar-refractivity contribution < 1.29 is 19.3 Å². The number of carbonyl (C=O) groups is 1. The molecule has 1 aromatic heterocycles. The highest BCUT2D eigenvalue weighted by molar-refractivity contribution is 5.86. The van der Waals surface area contributed by atoms with Crippen molar-refractivity contribution in [2.45, 2.75) is 25.0 Å². The number of carbonyl (C=O) groups excluding carboxylic acids is 1. The van der Waals surface area contributed by atoms with Gasteiger partial charge in [-0.25, -0.2) is 4.63 Å². The summed E-state index contributed by atoms with van der Waals surface area (Å²) in [6.45, 7) is 2.53. The monoisotopic (exact) mass is 348 g/mol. The minimum absolute atomic E-state index is 0.209. The summed E-state index contributed by atoms with van der Waals surface area (Å²) >= 11 is 0. The van der Waals surface area contributed by atoms with Gasteiger partial charge in [-0.3, -0.25) is 9.69 Å². The number of rotatable bonds is 7. The van der Waals surface area contributed by atoms with Crippen LogP contribution in [0.5, 0.6) is 0 Å². The van der Waals surface area contributed by atoms with Crippen LogP contribution in [0.4, 0.5) is 0 Å². The van der Waals surface area contributed by atoms with E-state index in [2.05, 4.69) is 10.3 Å². The zero-order valence-corrected chi connectivity index (χ0v) is 14.6. The molecule has 0 unspecified atom stereocenters. The van der Waals surface area contributed by atoms with Gasteiger partial charge in [0.1, 0.15) is 11.0 Å². The van der Waals surface area contributed by atoms with Crippen LogP contribution < -0.4 is 0 Å². The van der Waals surface area contributed by atoms with E-state index >= 15 is 0 Å². The molecular weight excluding hydrogens is 324 g/mol. The van der Waals surface area contributed by atoms with E-state index in [9.17, 15) is 9.90 Å². The molecule has 0 radical (unpaired) electrons. The lowest BCUT2D eigenvalue weighted by Crippen LogP contribution is -2.58.